The Kier molecular flexibility index (Phi) is 4.07. The minimum Gasteiger partial charge on any atom is -0.363 e. The summed E-state index contributed by atoms with van der Waals surface area (Å²) in [6, 6.07) is 7.59. The van der Waals surface area contributed by atoms with E-state index < -0.39 is 0 Å². The molecule has 3 heterocycles. The molecule has 2 atom stereocenters. The molecular weight excluding hydrogens is 315 g/mol. The summed E-state index contributed by atoms with van der Waals surface area (Å²) in [5.41, 5.74) is 2.37. The number of likely N-dealkylation sites (tertiary alicyclic amines) is 1. The molecule has 1 aromatic heterocycles. The summed E-state index contributed by atoms with van der Waals surface area (Å²) in [4.78, 5) is 5.02. The second-order valence-corrected chi connectivity index (χ2v) is 8.24. The van der Waals surface area contributed by atoms with Crippen molar-refractivity contribution in [1.29, 1.82) is 0 Å². The Morgan fingerprint density at radius 1 is 1.32 bits per heavy atom. The molecule has 0 unspecified atom stereocenters. The predicted octanol–water partition coefficient (Wildman–Crippen LogP) is 3.44. The summed E-state index contributed by atoms with van der Waals surface area (Å²) in [7, 11) is 1.96. The molecule has 0 spiro atoms. The molecule has 2 aromatic rings. The van der Waals surface area contributed by atoms with Crippen LogP contribution in [-0.2, 0) is 13.6 Å². The van der Waals surface area contributed by atoms with Gasteiger partial charge in [0.15, 0.2) is 0 Å². The lowest BCUT2D eigenvalue weighted by atomic mass is 9.89. The van der Waals surface area contributed by atoms with Gasteiger partial charge < -0.3 is 4.90 Å². The van der Waals surface area contributed by atoms with Crippen molar-refractivity contribution in [2.75, 3.05) is 18.0 Å². The number of fused-ring (bicyclic) bond motifs is 1. The van der Waals surface area contributed by atoms with Crippen LogP contribution in [0.2, 0.25) is 0 Å². The molecule has 25 heavy (non-hydrogen) atoms. The molecule has 0 bridgehead atoms. The van der Waals surface area contributed by atoms with E-state index in [9.17, 15) is 4.39 Å². The molecule has 0 N–H and O–H groups in total. The molecule has 2 aliphatic heterocycles. The number of anilines is 1. The summed E-state index contributed by atoms with van der Waals surface area (Å²) in [6.45, 7) is 7.74. The highest BCUT2D eigenvalue weighted by molar-refractivity contribution is 5.52. The molecule has 4 nitrogen and oxygen atoms in total. The molecule has 0 saturated carbocycles. The molecule has 5 heteroatoms. The molecule has 2 fully saturated rings. The third-order valence-corrected chi connectivity index (χ3v) is 5.77. The summed E-state index contributed by atoms with van der Waals surface area (Å²) in [5, 5.41) is 4.28. The van der Waals surface area contributed by atoms with E-state index in [1.165, 1.54) is 11.6 Å². The molecule has 2 saturated heterocycles. The van der Waals surface area contributed by atoms with E-state index in [1.807, 2.05) is 24.0 Å². The van der Waals surface area contributed by atoms with Gasteiger partial charge in [-0.1, -0.05) is 6.07 Å². The summed E-state index contributed by atoms with van der Waals surface area (Å²) in [5.74, 6) is 0.481. The molecule has 2 aliphatic rings. The Balaban J connectivity index is 1.51. The Labute approximate surface area is 149 Å². The molecule has 1 aromatic carbocycles. The SMILES string of the molecule is Cn1cc(CN2CC[C@H]3[C@@H](C2)CC(C)(C)N3c2cccc(F)c2)cn1. The van der Waals surface area contributed by atoms with Crippen LogP contribution in [0.15, 0.2) is 36.7 Å². The molecule has 0 radical (unpaired) electrons. The minimum atomic E-state index is -0.147. The van der Waals surface area contributed by atoms with Crippen molar-refractivity contribution in [3.8, 4) is 0 Å². The van der Waals surface area contributed by atoms with Gasteiger partial charge in [0, 0.05) is 55.7 Å². The van der Waals surface area contributed by atoms with E-state index in [-0.39, 0.29) is 11.4 Å². The van der Waals surface area contributed by atoms with Gasteiger partial charge in [-0.25, -0.2) is 4.39 Å². The van der Waals surface area contributed by atoms with Crippen LogP contribution in [-0.4, -0.2) is 39.4 Å². The van der Waals surface area contributed by atoms with Crippen LogP contribution in [0, 0.1) is 11.7 Å². The predicted molar refractivity (Wildman–Crippen MR) is 98.0 cm³/mol. The lowest BCUT2D eigenvalue weighted by Gasteiger charge is -2.41. The second-order valence-electron chi connectivity index (χ2n) is 8.24. The first kappa shape index (κ1) is 16.6. The van der Waals surface area contributed by atoms with Crippen LogP contribution in [0.3, 0.4) is 0 Å². The Morgan fingerprint density at radius 2 is 2.16 bits per heavy atom. The zero-order valence-electron chi connectivity index (χ0n) is 15.3. The maximum Gasteiger partial charge on any atom is 0.125 e. The largest absolute Gasteiger partial charge is 0.363 e. The quantitative estimate of drug-likeness (QED) is 0.854. The van der Waals surface area contributed by atoms with Gasteiger partial charge in [-0.3, -0.25) is 9.58 Å². The number of halogens is 1. The normalized spacial score (nSPS) is 26.0. The van der Waals surface area contributed by atoms with Crippen LogP contribution in [0.25, 0.3) is 0 Å². The summed E-state index contributed by atoms with van der Waals surface area (Å²) >= 11 is 0. The lowest BCUT2D eigenvalue weighted by molar-refractivity contribution is 0.161. The van der Waals surface area contributed by atoms with Gasteiger partial charge in [-0.15, -0.1) is 0 Å². The molecular formula is C20H27FN4. The molecule has 134 valence electrons. The van der Waals surface area contributed by atoms with Gasteiger partial charge in [-0.05, 0) is 50.8 Å². The number of hydrogen-bond acceptors (Lipinski definition) is 3. The second kappa shape index (κ2) is 6.13. The van der Waals surface area contributed by atoms with Crippen LogP contribution < -0.4 is 4.90 Å². The first-order valence-corrected chi connectivity index (χ1v) is 9.17. The van der Waals surface area contributed by atoms with Crippen LogP contribution >= 0.6 is 0 Å². The van der Waals surface area contributed by atoms with Crippen molar-refractivity contribution in [3.05, 3.63) is 48.0 Å². The maximum absolute atomic E-state index is 13.8. The highest BCUT2D eigenvalue weighted by Gasteiger charge is 2.48. The lowest BCUT2D eigenvalue weighted by Crippen LogP contribution is -2.48. The van der Waals surface area contributed by atoms with E-state index in [0.717, 1.165) is 38.2 Å². The number of hydrogen-bond donors (Lipinski definition) is 0. The Bertz CT molecular complexity index is 754. The minimum absolute atomic E-state index is 0.0629. The number of aromatic nitrogens is 2. The average Bonchev–Trinajstić information content (AvgIpc) is 3.05. The fourth-order valence-electron chi connectivity index (χ4n) is 4.95. The maximum atomic E-state index is 13.8. The van der Waals surface area contributed by atoms with Gasteiger partial charge in [0.05, 0.1) is 6.20 Å². The summed E-state index contributed by atoms with van der Waals surface area (Å²) < 4.78 is 15.6. The van der Waals surface area contributed by atoms with Crippen molar-refractivity contribution < 1.29 is 4.39 Å². The third-order valence-electron chi connectivity index (χ3n) is 5.77. The van der Waals surface area contributed by atoms with Gasteiger partial charge in [0.25, 0.3) is 0 Å². The van der Waals surface area contributed by atoms with Gasteiger partial charge in [0.2, 0.25) is 0 Å². The zero-order valence-corrected chi connectivity index (χ0v) is 15.3. The monoisotopic (exact) mass is 342 g/mol. The molecule has 0 aliphatic carbocycles. The number of benzene rings is 1. The smallest absolute Gasteiger partial charge is 0.125 e. The van der Waals surface area contributed by atoms with Crippen molar-refractivity contribution in [1.82, 2.24) is 14.7 Å². The average molecular weight is 342 g/mol. The highest BCUT2D eigenvalue weighted by Crippen LogP contribution is 2.44. The standard InChI is InChI=1S/C20H27FN4/c1-20(2)10-16-14-24(13-15-11-22-23(3)12-15)8-7-19(16)25(20)18-6-4-5-17(21)9-18/h4-6,9,11-12,16,19H,7-8,10,13-14H2,1-3H3/t16-,19+/m1/s1. The van der Waals surface area contributed by atoms with Crippen LogP contribution in [0.5, 0.6) is 0 Å². The number of piperidine rings is 1. The van der Waals surface area contributed by atoms with Crippen LogP contribution in [0.4, 0.5) is 10.1 Å². The van der Waals surface area contributed by atoms with Crippen molar-refractivity contribution in [2.45, 2.75) is 44.8 Å². The molecule has 0 amide bonds. The third kappa shape index (κ3) is 3.17. The van der Waals surface area contributed by atoms with E-state index >= 15 is 0 Å². The fraction of sp³-hybridized carbons (Fsp3) is 0.550. The van der Waals surface area contributed by atoms with E-state index in [0.29, 0.717) is 12.0 Å². The van der Waals surface area contributed by atoms with Crippen LogP contribution in [0.1, 0.15) is 32.3 Å². The van der Waals surface area contributed by atoms with Crippen molar-refractivity contribution in [2.24, 2.45) is 13.0 Å². The van der Waals surface area contributed by atoms with Gasteiger partial charge in [-0.2, -0.15) is 5.10 Å². The Morgan fingerprint density at radius 3 is 2.88 bits per heavy atom. The first-order valence-electron chi connectivity index (χ1n) is 9.17. The topological polar surface area (TPSA) is 24.3 Å². The molecule has 4 rings (SSSR count). The fourth-order valence-corrected chi connectivity index (χ4v) is 4.95. The number of rotatable bonds is 3. The summed E-state index contributed by atoms with van der Waals surface area (Å²) in [6.07, 6.45) is 6.34. The zero-order chi connectivity index (χ0) is 17.6. The van der Waals surface area contributed by atoms with Crippen molar-refractivity contribution >= 4 is 5.69 Å². The van der Waals surface area contributed by atoms with Gasteiger partial charge in [0.1, 0.15) is 5.82 Å². The van der Waals surface area contributed by atoms with E-state index in [4.69, 9.17) is 0 Å². The van der Waals surface area contributed by atoms with Crippen molar-refractivity contribution in [3.63, 3.8) is 0 Å². The number of aryl methyl sites for hydroxylation is 1. The number of nitrogens with zero attached hydrogens (tertiary/aromatic N) is 4. The first-order chi connectivity index (χ1) is 11.9. The van der Waals surface area contributed by atoms with Gasteiger partial charge >= 0.3 is 0 Å². The van der Waals surface area contributed by atoms with E-state index in [2.05, 4.69) is 41.0 Å². The van der Waals surface area contributed by atoms with E-state index in [1.54, 1.807) is 6.07 Å². The highest BCUT2D eigenvalue weighted by atomic mass is 19.1. The Hall–Kier alpha value is -1.88.